The Morgan fingerprint density at radius 1 is 1.18 bits per heavy atom. The fourth-order valence-electron chi connectivity index (χ4n) is 1.63. The van der Waals surface area contributed by atoms with E-state index in [1.165, 1.54) is 5.56 Å². The molecule has 0 saturated carbocycles. The summed E-state index contributed by atoms with van der Waals surface area (Å²) in [4.78, 5) is 8.83. The Morgan fingerprint density at radius 3 is 2.53 bits per heavy atom. The Kier molecular flexibility index (Phi) is 4.13. The maximum absolute atomic E-state index is 5.80. The van der Waals surface area contributed by atoms with Crippen LogP contribution in [0.3, 0.4) is 0 Å². The Balaban J connectivity index is 2.23. The lowest BCUT2D eigenvalue weighted by Crippen LogP contribution is -2.01. The fraction of sp³-hybridized carbons (Fsp3) is 0.231. The van der Waals surface area contributed by atoms with Crippen molar-refractivity contribution in [1.82, 2.24) is 9.97 Å². The average Bonchev–Trinajstić information content (AvgIpc) is 2.31. The zero-order valence-electron chi connectivity index (χ0n) is 9.45. The number of halogens is 2. The Morgan fingerprint density at radius 2 is 1.88 bits per heavy atom. The molecule has 17 heavy (non-hydrogen) atoms. The second-order valence-electron chi connectivity index (χ2n) is 3.85. The molecule has 0 spiro atoms. The van der Waals surface area contributed by atoms with Crippen molar-refractivity contribution < 1.29 is 0 Å². The first-order valence-corrected chi connectivity index (χ1v) is 6.64. The standard InChI is InChI=1S/C13H12BrClN2/c1-9-6-12(8-15)17-13(16-9)7-10-2-4-11(14)5-3-10/h2-6H,7-8H2,1H3. The molecule has 4 heteroatoms. The van der Waals surface area contributed by atoms with Crippen LogP contribution in [0, 0.1) is 6.92 Å². The maximum atomic E-state index is 5.80. The lowest BCUT2D eigenvalue weighted by Gasteiger charge is -2.04. The van der Waals surface area contributed by atoms with E-state index in [-0.39, 0.29) is 0 Å². The molecule has 2 rings (SSSR count). The summed E-state index contributed by atoms with van der Waals surface area (Å²) in [5.41, 5.74) is 3.04. The van der Waals surface area contributed by atoms with Gasteiger partial charge in [-0.2, -0.15) is 0 Å². The summed E-state index contributed by atoms with van der Waals surface area (Å²) in [6, 6.07) is 10.1. The van der Waals surface area contributed by atoms with Crippen LogP contribution in [0.1, 0.15) is 22.8 Å². The molecule has 0 atom stereocenters. The van der Waals surface area contributed by atoms with Gasteiger partial charge in [0.1, 0.15) is 5.82 Å². The molecule has 1 heterocycles. The second kappa shape index (κ2) is 5.61. The summed E-state index contributed by atoms with van der Waals surface area (Å²) in [6.45, 7) is 1.96. The van der Waals surface area contributed by atoms with E-state index >= 15 is 0 Å². The number of hydrogen-bond acceptors (Lipinski definition) is 2. The van der Waals surface area contributed by atoms with Gasteiger partial charge in [0.15, 0.2) is 0 Å². The molecule has 0 N–H and O–H groups in total. The first kappa shape index (κ1) is 12.5. The number of aromatic nitrogens is 2. The highest BCUT2D eigenvalue weighted by molar-refractivity contribution is 9.10. The number of hydrogen-bond donors (Lipinski definition) is 0. The van der Waals surface area contributed by atoms with E-state index in [0.29, 0.717) is 5.88 Å². The molecule has 0 bridgehead atoms. The molecule has 0 unspecified atom stereocenters. The predicted octanol–water partition coefficient (Wildman–Crippen LogP) is 3.88. The minimum absolute atomic E-state index is 0.427. The van der Waals surface area contributed by atoms with Crippen LogP contribution >= 0.6 is 27.5 Å². The first-order chi connectivity index (χ1) is 8.17. The molecule has 1 aromatic carbocycles. The van der Waals surface area contributed by atoms with Crippen molar-refractivity contribution >= 4 is 27.5 Å². The topological polar surface area (TPSA) is 25.8 Å². The van der Waals surface area contributed by atoms with Crippen molar-refractivity contribution in [1.29, 1.82) is 0 Å². The molecular formula is C13H12BrClN2. The van der Waals surface area contributed by atoms with Crippen LogP contribution in [-0.4, -0.2) is 9.97 Å². The lowest BCUT2D eigenvalue weighted by molar-refractivity contribution is 0.912. The molecule has 0 aliphatic rings. The molecule has 1 aromatic heterocycles. The van der Waals surface area contributed by atoms with Gasteiger partial charge in [-0.1, -0.05) is 28.1 Å². The molecule has 0 fully saturated rings. The quantitative estimate of drug-likeness (QED) is 0.804. The average molecular weight is 312 g/mol. The van der Waals surface area contributed by atoms with Crippen molar-refractivity contribution in [2.24, 2.45) is 0 Å². The maximum Gasteiger partial charge on any atom is 0.133 e. The van der Waals surface area contributed by atoms with Crippen LogP contribution in [0.2, 0.25) is 0 Å². The van der Waals surface area contributed by atoms with Crippen LogP contribution < -0.4 is 0 Å². The minimum atomic E-state index is 0.427. The number of benzene rings is 1. The van der Waals surface area contributed by atoms with E-state index in [2.05, 4.69) is 38.0 Å². The highest BCUT2D eigenvalue weighted by Gasteiger charge is 2.03. The third kappa shape index (κ3) is 3.51. The van der Waals surface area contributed by atoms with Gasteiger partial charge in [-0.25, -0.2) is 9.97 Å². The van der Waals surface area contributed by atoms with Gasteiger partial charge < -0.3 is 0 Å². The lowest BCUT2D eigenvalue weighted by atomic mass is 10.1. The van der Waals surface area contributed by atoms with E-state index in [1.807, 2.05) is 25.1 Å². The van der Waals surface area contributed by atoms with Gasteiger partial charge in [0.2, 0.25) is 0 Å². The van der Waals surface area contributed by atoms with Crippen LogP contribution in [0.4, 0.5) is 0 Å². The number of rotatable bonds is 3. The minimum Gasteiger partial charge on any atom is -0.238 e. The summed E-state index contributed by atoms with van der Waals surface area (Å²) >= 11 is 9.21. The van der Waals surface area contributed by atoms with Crippen molar-refractivity contribution in [3.05, 3.63) is 57.6 Å². The van der Waals surface area contributed by atoms with Crippen LogP contribution in [-0.2, 0) is 12.3 Å². The van der Waals surface area contributed by atoms with E-state index in [4.69, 9.17) is 11.6 Å². The monoisotopic (exact) mass is 310 g/mol. The fourth-order valence-corrected chi connectivity index (χ4v) is 2.03. The smallest absolute Gasteiger partial charge is 0.133 e. The zero-order chi connectivity index (χ0) is 12.3. The Labute approximate surface area is 114 Å². The Bertz CT molecular complexity index is 511. The Hall–Kier alpha value is -0.930. The number of nitrogens with zero attached hydrogens (tertiary/aromatic N) is 2. The predicted molar refractivity (Wildman–Crippen MR) is 73.3 cm³/mol. The van der Waals surface area contributed by atoms with E-state index in [0.717, 1.165) is 28.1 Å². The normalized spacial score (nSPS) is 10.5. The van der Waals surface area contributed by atoms with Crippen LogP contribution in [0.5, 0.6) is 0 Å². The number of alkyl halides is 1. The van der Waals surface area contributed by atoms with Crippen LogP contribution in [0.25, 0.3) is 0 Å². The van der Waals surface area contributed by atoms with E-state index < -0.39 is 0 Å². The summed E-state index contributed by atoms with van der Waals surface area (Å²) < 4.78 is 1.08. The van der Waals surface area contributed by atoms with E-state index in [1.54, 1.807) is 0 Å². The molecule has 0 aliphatic carbocycles. The molecule has 2 nitrogen and oxygen atoms in total. The molecule has 0 saturated heterocycles. The highest BCUT2D eigenvalue weighted by Crippen LogP contribution is 2.13. The molecule has 2 aromatic rings. The highest BCUT2D eigenvalue weighted by atomic mass is 79.9. The third-order valence-electron chi connectivity index (χ3n) is 2.37. The van der Waals surface area contributed by atoms with Crippen molar-refractivity contribution in [2.75, 3.05) is 0 Å². The largest absolute Gasteiger partial charge is 0.238 e. The summed E-state index contributed by atoms with van der Waals surface area (Å²) in [5, 5.41) is 0. The molecule has 88 valence electrons. The molecule has 0 amide bonds. The van der Waals surface area contributed by atoms with Gasteiger partial charge in [0.25, 0.3) is 0 Å². The third-order valence-corrected chi connectivity index (χ3v) is 3.17. The number of aryl methyl sites for hydroxylation is 1. The summed E-state index contributed by atoms with van der Waals surface area (Å²) in [6.07, 6.45) is 0.735. The van der Waals surface area contributed by atoms with E-state index in [9.17, 15) is 0 Å². The summed E-state index contributed by atoms with van der Waals surface area (Å²) in [5.74, 6) is 1.25. The van der Waals surface area contributed by atoms with Gasteiger partial charge >= 0.3 is 0 Å². The van der Waals surface area contributed by atoms with Crippen molar-refractivity contribution in [3.63, 3.8) is 0 Å². The SMILES string of the molecule is Cc1cc(CCl)nc(Cc2ccc(Br)cc2)n1. The van der Waals surface area contributed by atoms with Gasteiger partial charge in [-0.15, -0.1) is 11.6 Å². The molecule has 0 aliphatic heterocycles. The first-order valence-electron chi connectivity index (χ1n) is 5.31. The molecule has 0 radical (unpaired) electrons. The van der Waals surface area contributed by atoms with Crippen molar-refractivity contribution in [3.8, 4) is 0 Å². The van der Waals surface area contributed by atoms with Gasteiger partial charge in [-0.05, 0) is 30.7 Å². The second-order valence-corrected chi connectivity index (χ2v) is 5.04. The zero-order valence-corrected chi connectivity index (χ0v) is 11.8. The van der Waals surface area contributed by atoms with Crippen molar-refractivity contribution in [2.45, 2.75) is 19.2 Å². The van der Waals surface area contributed by atoms with Crippen LogP contribution in [0.15, 0.2) is 34.8 Å². The van der Waals surface area contributed by atoms with Gasteiger partial charge in [0, 0.05) is 16.6 Å². The van der Waals surface area contributed by atoms with Gasteiger partial charge in [0.05, 0.1) is 11.6 Å². The van der Waals surface area contributed by atoms with Gasteiger partial charge in [-0.3, -0.25) is 0 Å². The molecular weight excluding hydrogens is 300 g/mol. The summed E-state index contributed by atoms with van der Waals surface area (Å²) in [7, 11) is 0.